The van der Waals surface area contributed by atoms with Gasteiger partial charge >= 0.3 is 8.24 Å². The van der Waals surface area contributed by atoms with Crippen LogP contribution in [0, 0.1) is 0 Å². The molecule has 240 valence electrons. The SMILES string of the molecule is C[C@H]([C@@H](Op1oc2c(C(C)(C)C)cc(C(C)(C)C)cc2c2cc(C(C)(C)C)cc(C(C)(C)C)c2o1)c1ccccc1)N(C)C. The Morgan fingerprint density at radius 2 is 1.02 bits per heavy atom. The molecule has 0 aliphatic heterocycles. The van der Waals surface area contributed by atoms with Crippen molar-refractivity contribution < 1.29 is 12.9 Å². The van der Waals surface area contributed by atoms with Gasteiger partial charge in [0.05, 0.1) is 0 Å². The predicted octanol–water partition coefficient (Wildman–Crippen LogP) is 11.6. The third-order valence-corrected chi connectivity index (χ3v) is 9.79. The second-order valence-electron chi connectivity index (χ2n) is 16.8. The summed E-state index contributed by atoms with van der Waals surface area (Å²) in [5, 5.41) is 2.17. The van der Waals surface area contributed by atoms with E-state index in [-0.39, 0.29) is 33.8 Å². The molecule has 0 radical (unpaired) electrons. The number of nitrogens with zero attached hydrogens (tertiary/aromatic N) is 1. The van der Waals surface area contributed by atoms with E-state index in [0.717, 1.165) is 27.5 Å². The minimum atomic E-state index is -1.82. The van der Waals surface area contributed by atoms with Gasteiger partial charge in [-0.15, -0.1) is 0 Å². The van der Waals surface area contributed by atoms with E-state index in [1.165, 1.54) is 22.3 Å². The summed E-state index contributed by atoms with van der Waals surface area (Å²) >= 11 is 0. The third kappa shape index (κ3) is 7.30. The van der Waals surface area contributed by atoms with Crippen LogP contribution in [0.4, 0.5) is 0 Å². The number of rotatable bonds is 5. The van der Waals surface area contributed by atoms with Gasteiger partial charge in [-0.25, -0.2) is 0 Å². The van der Waals surface area contributed by atoms with Crippen LogP contribution in [0.5, 0.6) is 0 Å². The first-order valence-electron chi connectivity index (χ1n) is 16.0. The van der Waals surface area contributed by atoms with Crippen molar-refractivity contribution in [1.29, 1.82) is 0 Å². The molecule has 0 spiro atoms. The molecule has 0 saturated heterocycles. The van der Waals surface area contributed by atoms with Gasteiger partial charge < -0.3 is 13.3 Å². The quantitative estimate of drug-likeness (QED) is 0.223. The molecule has 4 aromatic rings. The Bertz CT molecular complexity index is 1560. The van der Waals surface area contributed by atoms with Gasteiger partial charge in [0.2, 0.25) is 0 Å². The van der Waals surface area contributed by atoms with Gasteiger partial charge in [-0.1, -0.05) is 126 Å². The molecule has 0 aliphatic rings. The summed E-state index contributed by atoms with van der Waals surface area (Å²) in [6.45, 7) is 29.5. The zero-order chi connectivity index (χ0) is 33.0. The molecular weight excluding hydrogens is 561 g/mol. The van der Waals surface area contributed by atoms with E-state index in [1.54, 1.807) is 0 Å². The second-order valence-corrected chi connectivity index (χ2v) is 17.9. The Morgan fingerprint density at radius 1 is 0.614 bits per heavy atom. The highest BCUT2D eigenvalue weighted by Gasteiger charge is 2.30. The summed E-state index contributed by atoms with van der Waals surface area (Å²) in [6, 6.07) is 19.9. The smallest absolute Gasteiger partial charge is 0.388 e. The molecule has 0 aliphatic carbocycles. The standard InChI is InChI=1S/C39H56NO3P/c1-25(40(14)15)33(26-19-17-16-18-20-26)41-44-42-34-29(21-27(36(2,3)4)23-31(34)38(8,9)10)30-22-28(37(5,6)7)24-32(35(30)43-44)39(11,12)13/h16-25,33H,1-15H3/t25-,33-/m1/s1. The van der Waals surface area contributed by atoms with Gasteiger partial charge in [0.1, 0.15) is 17.3 Å². The van der Waals surface area contributed by atoms with Crippen molar-refractivity contribution in [2.24, 2.45) is 0 Å². The average Bonchev–Trinajstić information content (AvgIpc) is 3.04. The molecule has 44 heavy (non-hydrogen) atoms. The molecule has 0 fully saturated rings. The fourth-order valence-corrected chi connectivity index (χ4v) is 6.78. The minimum absolute atomic E-state index is 0.0440. The molecule has 4 rings (SSSR count). The van der Waals surface area contributed by atoms with Gasteiger partial charge in [0, 0.05) is 27.9 Å². The zero-order valence-corrected chi connectivity index (χ0v) is 30.9. The number of hydrogen-bond donors (Lipinski definition) is 0. The second kappa shape index (κ2) is 12.0. The lowest BCUT2D eigenvalue weighted by molar-refractivity contribution is 0.142. The Hall–Kier alpha value is -2.52. The van der Waals surface area contributed by atoms with E-state index in [0.29, 0.717) is 0 Å². The van der Waals surface area contributed by atoms with Crippen LogP contribution >= 0.6 is 8.24 Å². The molecule has 4 nitrogen and oxygen atoms in total. The Morgan fingerprint density at radius 3 is 1.36 bits per heavy atom. The third-order valence-electron chi connectivity index (χ3n) is 8.73. The monoisotopic (exact) mass is 617 g/mol. The summed E-state index contributed by atoms with van der Waals surface area (Å²) < 4.78 is 21.1. The molecule has 0 unspecified atom stereocenters. The topological polar surface area (TPSA) is 38.8 Å². The number of benzene rings is 3. The van der Waals surface area contributed by atoms with Crippen LogP contribution in [0.15, 0.2) is 63.0 Å². The fraction of sp³-hybridized carbons (Fsp3) is 0.538. The van der Waals surface area contributed by atoms with Crippen LogP contribution in [0.25, 0.3) is 21.9 Å². The van der Waals surface area contributed by atoms with E-state index in [9.17, 15) is 0 Å². The number of fused-ring (bicyclic) bond motifs is 3. The lowest BCUT2D eigenvalue weighted by atomic mass is 9.77. The van der Waals surface area contributed by atoms with Crippen LogP contribution in [0.3, 0.4) is 0 Å². The van der Waals surface area contributed by atoms with Gasteiger partial charge in [0.15, 0.2) is 0 Å². The zero-order valence-electron chi connectivity index (χ0n) is 30.0. The number of likely N-dealkylation sites (N-methyl/N-ethyl adjacent to an activating group) is 1. The van der Waals surface area contributed by atoms with Crippen LogP contribution in [0.2, 0.25) is 0 Å². The molecule has 1 heterocycles. The van der Waals surface area contributed by atoms with E-state index >= 15 is 0 Å². The van der Waals surface area contributed by atoms with Crippen LogP contribution in [-0.4, -0.2) is 25.0 Å². The Kier molecular flexibility index (Phi) is 9.38. The van der Waals surface area contributed by atoms with Crippen LogP contribution in [0.1, 0.15) is 124 Å². The van der Waals surface area contributed by atoms with Crippen LogP contribution < -0.4 is 4.52 Å². The number of hydrogen-bond acceptors (Lipinski definition) is 4. The predicted molar refractivity (Wildman–Crippen MR) is 190 cm³/mol. The van der Waals surface area contributed by atoms with Crippen molar-refractivity contribution in [3.63, 3.8) is 0 Å². The molecule has 5 heteroatoms. The van der Waals surface area contributed by atoms with Gasteiger partial charge in [-0.2, -0.15) is 0 Å². The van der Waals surface area contributed by atoms with Crippen molar-refractivity contribution in [2.45, 2.75) is 124 Å². The van der Waals surface area contributed by atoms with Crippen molar-refractivity contribution in [3.05, 3.63) is 82.4 Å². The highest BCUT2D eigenvalue weighted by atomic mass is 31.1. The first-order valence-corrected chi connectivity index (χ1v) is 17.1. The molecule has 0 amide bonds. The maximum atomic E-state index is 7.04. The summed E-state index contributed by atoms with van der Waals surface area (Å²) in [5.41, 5.74) is 7.32. The van der Waals surface area contributed by atoms with Crippen molar-refractivity contribution in [3.8, 4) is 0 Å². The molecular formula is C39H56NO3P. The fourth-order valence-electron chi connectivity index (χ4n) is 5.48. The normalized spacial score (nSPS) is 14.8. The van der Waals surface area contributed by atoms with Crippen molar-refractivity contribution in [2.75, 3.05) is 14.1 Å². The average molecular weight is 618 g/mol. The maximum absolute atomic E-state index is 7.04. The Labute approximate surface area is 267 Å². The summed E-state index contributed by atoms with van der Waals surface area (Å²) in [6.07, 6.45) is -0.249. The van der Waals surface area contributed by atoms with E-state index in [1.807, 2.05) is 6.07 Å². The van der Waals surface area contributed by atoms with Gasteiger partial charge in [0.25, 0.3) is 0 Å². The molecule has 2 atom stereocenters. The molecule has 3 aromatic carbocycles. The minimum Gasteiger partial charge on any atom is -0.399 e. The van der Waals surface area contributed by atoms with Crippen LogP contribution in [-0.2, 0) is 21.7 Å². The molecule has 0 saturated carbocycles. The lowest BCUT2D eigenvalue weighted by Crippen LogP contribution is -2.33. The summed E-state index contributed by atoms with van der Waals surface area (Å²) in [4.78, 5) is 2.19. The largest absolute Gasteiger partial charge is 0.399 e. The molecule has 0 N–H and O–H groups in total. The van der Waals surface area contributed by atoms with E-state index in [2.05, 4.69) is 158 Å². The maximum Gasteiger partial charge on any atom is 0.388 e. The van der Waals surface area contributed by atoms with Gasteiger partial charge in [-0.3, -0.25) is 4.52 Å². The molecule has 0 bridgehead atoms. The summed E-state index contributed by atoms with van der Waals surface area (Å²) in [7, 11) is 2.36. The van der Waals surface area contributed by atoms with Gasteiger partial charge in [-0.05, 0) is 71.5 Å². The first-order chi connectivity index (χ1) is 20.1. The van der Waals surface area contributed by atoms with Crippen molar-refractivity contribution in [1.82, 2.24) is 4.90 Å². The van der Waals surface area contributed by atoms with Crippen molar-refractivity contribution >= 4 is 30.2 Å². The highest BCUT2D eigenvalue weighted by molar-refractivity contribution is 7.31. The summed E-state index contributed by atoms with van der Waals surface area (Å²) in [5.74, 6) is 0. The Balaban J connectivity index is 2.25. The van der Waals surface area contributed by atoms with E-state index in [4.69, 9.17) is 12.9 Å². The highest BCUT2D eigenvalue weighted by Crippen LogP contribution is 2.46. The molecule has 1 aromatic heterocycles. The first kappa shape index (κ1) is 34.4. The lowest BCUT2D eigenvalue weighted by Gasteiger charge is -2.28. The van der Waals surface area contributed by atoms with E-state index < -0.39 is 8.24 Å².